The molecule has 0 saturated carbocycles. The lowest BCUT2D eigenvalue weighted by atomic mass is 10.1. The second-order valence-corrected chi connectivity index (χ2v) is 7.98. The molecule has 1 aliphatic heterocycles. The van der Waals surface area contributed by atoms with Gasteiger partial charge in [-0.05, 0) is 43.3 Å². The molecule has 0 radical (unpaired) electrons. The number of amides is 3. The smallest absolute Gasteiger partial charge is 0.252 e. The minimum Gasteiger partial charge on any atom is -0.338 e. The Morgan fingerprint density at radius 2 is 1.71 bits per heavy atom. The van der Waals surface area contributed by atoms with Gasteiger partial charge in [0.1, 0.15) is 11.5 Å². The van der Waals surface area contributed by atoms with E-state index in [0.717, 1.165) is 11.8 Å². The topological polar surface area (TPSA) is 142 Å². The quantitative estimate of drug-likeness (QED) is 0.397. The molecule has 6 N–H and O–H groups in total. The number of nitrogens with one attached hydrogen (secondary N) is 4. The zero-order valence-corrected chi connectivity index (χ0v) is 17.6. The maximum Gasteiger partial charge on any atom is 0.252 e. The number of hydrogen-bond acceptors (Lipinski definition) is 7. The van der Waals surface area contributed by atoms with Crippen LogP contribution in [0.15, 0.2) is 54.6 Å². The van der Waals surface area contributed by atoms with E-state index in [4.69, 9.17) is 5.73 Å². The first-order chi connectivity index (χ1) is 14.8. The summed E-state index contributed by atoms with van der Waals surface area (Å²) in [7, 11) is 0. The van der Waals surface area contributed by atoms with Crippen LogP contribution >= 0.6 is 11.8 Å². The molecule has 0 spiro atoms. The fraction of sp³-hybridized carbons (Fsp3) is 0.238. The molecule has 10 heteroatoms. The van der Waals surface area contributed by atoms with Crippen molar-refractivity contribution in [1.82, 2.24) is 16.0 Å². The maximum absolute atomic E-state index is 12.4. The Kier molecular flexibility index (Phi) is 7.40. The Morgan fingerprint density at radius 1 is 1.03 bits per heavy atom. The number of ketones is 1. The SMILES string of the molecule is CC(=O)c1ccc(NC(=O)CSC2NC(=O)C(NC(=O)c3ccccc3)C(N)N2)cc1. The van der Waals surface area contributed by atoms with Crippen LogP contribution in [0.3, 0.4) is 0 Å². The monoisotopic (exact) mass is 441 g/mol. The van der Waals surface area contributed by atoms with Gasteiger partial charge < -0.3 is 21.7 Å². The van der Waals surface area contributed by atoms with Crippen molar-refractivity contribution >= 4 is 41.0 Å². The normalized spacial score (nSPS) is 20.5. The summed E-state index contributed by atoms with van der Waals surface area (Å²) in [6.07, 6.45) is -0.818. The summed E-state index contributed by atoms with van der Waals surface area (Å²) in [5.41, 5.74) is 6.99. The van der Waals surface area contributed by atoms with Crippen LogP contribution in [0, 0.1) is 0 Å². The van der Waals surface area contributed by atoms with E-state index in [-0.39, 0.29) is 17.4 Å². The largest absolute Gasteiger partial charge is 0.338 e. The molecule has 3 atom stereocenters. The first-order valence-electron chi connectivity index (χ1n) is 9.54. The van der Waals surface area contributed by atoms with Crippen molar-refractivity contribution in [3.05, 3.63) is 65.7 Å². The number of nitrogens with two attached hydrogens (primary N) is 1. The summed E-state index contributed by atoms with van der Waals surface area (Å²) in [5, 5.41) is 11.0. The number of Topliss-reactive ketones (excluding diaryl/α,β-unsaturated/α-hetero) is 1. The molecule has 3 rings (SSSR count). The first-order valence-corrected chi connectivity index (χ1v) is 10.6. The molecule has 2 aromatic carbocycles. The number of benzene rings is 2. The Labute approximate surface area is 183 Å². The third-order valence-electron chi connectivity index (χ3n) is 4.54. The lowest BCUT2D eigenvalue weighted by Gasteiger charge is -2.35. The van der Waals surface area contributed by atoms with E-state index in [1.165, 1.54) is 6.92 Å². The molecule has 0 bridgehead atoms. The van der Waals surface area contributed by atoms with Crippen LogP contribution in [0.5, 0.6) is 0 Å². The lowest BCUT2D eigenvalue weighted by molar-refractivity contribution is -0.125. The van der Waals surface area contributed by atoms with Crippen LogP contribution in [-0.4, -0.2) is 47.0 Å². The van der Waals surface area contributed by atoms with Gasteiger partial charge in [-0.3, -0.25) is 24.5 Å². The molecule has 1 saturated heterocycles. The fourth-order valence-electron chi connectivity index (χ4n) is 2.90. The second kappa shape index (κ2) is 10.2. The average molecular weight is 442 g/mol. The van der Waals surface area contributed by atoms with E-state index in [1.807, 2.05) is 0 Å². The van der Waals surface area contributed by atoms with Gasteiger partial charge in [0, 0.05) is 16.8 Å². The van der Waals surface area contributed by atoms with E-state index in [0.29, 0.717) is 16.8 Å². The molecule has 3 amide bonds. The van der Waals surface area contributed by atoms with Crippen LogP contribution in [0.25, 0.3) is 0 Å². The van der Waals surface area contributed by atoms with Gasteiger partial charge in [-0.25, -0.2) is 0 Å². The van der Waals surface area contributed by atoms with Gasteiger partial charge in [-0.15, -0.1) is 11.8 Å². The van der Waals surface area contributed by atoms with Gasteiger partial charge in [-0.2, -0.15) is 0 Å². The third kappa shape index (κ3) is 6.14. The molecule has 1 aliphatic rings. The minimum atomic E-state index is -0.946. The highest BCUT2D eigenvalue weighted by atomic mass is 32.2. The number of rotatable bonds is 7. The highest BCUT2D eigenvalue weighted by Gasteiger charge is 2.35. The third-order valence-corrected chi connectivity index (χ3v) is 5.55. The second-order valence-electron chi connectivity index (χ2n) is 6.89. The number of carbonyl (C=O) groups excluding carboxylic acids is 4. The average Bonchev–Trinajstić information content (AvgIpc) is 2.75. The number of carbonyl (C=O) groups is 4. The molecule has 162 valence electrons. The molecule has 3 unspecified atom stereocenters. The van der Waals surface area contributed by atoms with E-state index >= 15 is 0 Å². The van der Waals surface area contributed by atoms with Crippen molar-refractivity contribution in [2.75, 3.05) is 11.1 Å². The van der Waals surface area contributed by atoms with Gasteiger partial charge in [-0.1, -0.05) is 18.2 Å². The maximum atomic E-state index is 12.4. The van der Waals surface area contributed by atoms with Crippen LogP contribution < -0.4 is 27.0 Å². The van der Waals surface area contributed by atoms with Crippen molar-refractivity contribution in [2.24, 2.45) is 5.73 Å². The minimum absolute atomic E-state index is 0.0536. The zero-order chi connectivity index (χ0) is 22.4. The van der Waals surface area contributed by atoms with Crippen LogP contribution in [0.1, 0.15) is 27.6 Å². The lowest BCUT2D eigenvalue weighted by Crippen LogP contribution is -2.70. The number of hydrogen-bond donors (Lipinski definition) is 5. The van der Waals surface area contributed by atoms with Gasteiger partial charge in [0.15, 0.2) is 5.78 Å². The van der Waals surface area contributed by atoms with E-state index in [9.17, 15) is 19.2 Å². The molecule has 9 nitrogen and oxygen atoms in total. The Hall–Kier alpha value is -3.21. The Morgan fingerprint density at radius 3 is 2.32 bits per heavy atom. The molecule has 2 aromatic rings. The summed E-state index contributed by atoms with van der Waals surface area (Å²) < 4.78 is 0. The highest BCUT2D eigenvalue weighted by molar-refractivity contribution is 8.00. The first kappa shape index (κ1) is 22.5. The Bertz CT molecular complexity index is 967. The standard InChI is InChI=1S/C21H23N5O4S/c1-12(27)13-7-9-15(10-8-13)23-16(28)11-31-21-25-18(22)17(20(30)26-21)24-19(29)14-5-3-2-4-6-14/h2-10,17-18,21,25H,11,22H2,1H3,(H,23,28)(H,24,29)(H,26,30). The van der Waals surface area contributed by atoms with Gasteiger partial charge in [0.2, 0.25) is 11.8 Å². The predicted molar refractivity (Wildman–Crippen MR) is 118 cm³/mol. The van der Waals surface area contributed by atoms with Crippen LogP contribution in [-0.2, 0) is 9.59 Å². The fourth-order valence-corrected chi connectivity index (χ4v) is 3.74. The summed E-state index contributed by atoms with van der Waals surface area (Å²) in [5.74, 6) is -1.11. The van der Waals surface area contributed by atoms with Crippen LogP contribution in [0.2, 0.25) is 0 Å². The van der Waals surface area contributed by atoms with Crippen molar-refractivity contribution in [3.63, 3.8) is 0 Å². The van der Waals surface area contributed by atoms with Crippen molar-refractivity contribution in [3.8, 4) is 0 Å². The molecular weight excluding hydrogens is 418 g/mol. The van der Waals surface area contributed by atoms with Crippen molar-refractivity contribution in [2.45, 2.75) is 24.6 Å². The van der Waals surface area contributed by atoms with E-state index in [2.05, 4.69) is 21.3 Å². The van der Waals surface area contributed by atoms with Crippen molar-refractivity contribution in [1.29, 1.82) is 0 Å². The van der Waals surface area contributed by atoms with E-state index in [1.54, 1.807) is 54.6 Å². The number of thioether (sulfide) groups is 1. The van der Waals surface area contributed by atoms with Crippen LogP contribution in [0.4, 0.5) is 5.69 Å². The van der Waals surface area contributed by atoms with Crippen molar-refractivity contribution < 1.29 is 19.2 Å². The molecule has 1 heterocycles. The summed E-state index contributed by atoms with van der Waals surface area (Å²) in [6, 6.07) is 14.1. The number of anilines is 1. The summed E-state index contributed by atoms with van der Waals surface area (Å²) >= 11 is 1.16. The van der Waals surface area contributed by atoms with Gasteiger partial charge >= 0.3 is 0 Å². The zero-order valence-electron chi connectivity index (χ0n) is 16.8. The van der Waals surface area contributed by atoms with E-state index < -0.39 is 29.5 Å². The molecule has 31 heavy (non-hydrogen) atoms. The molecule has 1 fully saturated rings. The predicted octanol–water partition coefficient (Wildman–Crippen LogP) is 0.647. The Balaban J connectivity index is 1.47. The summed E-state index contributed by atoms with van der Waals surface area (Å²) in [4.78, 5) is 48.2. The van der Waals surface area contributed by atoms with Gasteiger partial charge in [0.25, 0.3) is 5.91 Å². The summed E-state index contributed by atoms with van der Waals surface area (Å²) in [6.45, 7) is 1.47. The molecular formula is C21H23N5O4S. The molecule has 0 aliphatic carbocycles. The highest BCUT2D eigenvalue weighted by Crippen LogP contribution is 2.14. The van der Waals surface area contributed by atoms with Gasteiger partial charge in [0.05, 0.1) is 11.9 Å². The molecule has 0 aromatic heterocycles.